The summed E-state index contributed by atoms with van der Waals surface area (Å²) in [6, 6.07) is 15.1. The van der Waals surface area contributed by atoms with Crippen LogP contribution >= 0.6 is 15.9 Å². The summed E-state index contributed by atoms with van der Waals surface area (Å²) < 4.78 is 7.80. The zero-order valence-corrected chi connectivity index (χ0v) is 15.1. The quantitative estimate of drug-likeness (QED) is 0.656. The molecule has 7 heteroatoms. The van der Waals surface area contributed by atoms with Crippen molar-refractivity contribution >= 4 is 32.9 Å². The van der Waals surface area contributed by atoms with Gasteiger partial charge in [-0.25, -0.2) is 4.79 Å². The summed E-state index contributed by atoms with van der Waals surface area (Å²) in [5, 5.41) is 0. The molecular weight excluding hydrogens is 386 g/mol. The summed E-state index contributed by atoms with van der Waals surface area (Å²) in [7, 11) is 0. The molecule has 0 unspecified atom stereocenters. The molecule has 0 fully saturated rings. The molecule has 130 valence electrons. The van der Waals surface area contributed by atoms with Crippen LogP contribution in [0.3, 0.4) is 0 Å². The molecule has 0 spiro atoms. The standard InChI is InChI=1S/C18H18BrN3O3/c19-14-7-5-13(6-8-14)11-21(12-17(20)23)9-10-22-15-3-1-2-4-16(15)25-18(22)24/h1-8H,9-12H2,(H2,20,23). The van der Waals surface area contributed by atoms with Crippen molar-refractivity contribution in [3.63, 3.8) is 0 Å². The van der Waals surface area contributed by atoms with Gasteiger partial charge in [-0.1, -0.05) is 40.2 Å². The lowest BCUT2D eigenvalue weighted by atomic mass is 10.2. The molecule has 0 aliphatic rings. The van der Waals surface area contributed by atoms with Crippen LogP contribution in [-0.4, -0.2) is 28.5 Å². The van der Waals surface area contributed by atoms with Crippen molar-refractivity contribution in [2.45, 2.75) is 13.1 Å². The van der Waals surface area contributed by atoms with E-state index in [2.05, 4.69) is 15.9 Å². The predicted octanol–water partition coefficient (Wildman–Crippen LogP) is 2.34. The summed E-state index contributed by atoms with van der Waals surface area (Å²) in [5.74, 6) is -0.801. The Bertz CT molecular complexity index is 931. The lowest BCUT2D eigenvalue weighted by Crippen LogP contribution is -2.36. The second-order valence-corrected chi connectivity index (χ2v) is 6.71. The maximum absolute atomic E-state index is 12.1. The number of rotatable bonds is 7. The fourth-order valence-electron chi connectivity index (χ4n) is 2.75. The second-order valence-electron chi connectivity index (χ2n) is 5.79. The minimum Gasteiger partial charge on any atom is -0.408 e. The van der Waals surface area contributed by atoms with E-state index < -0.39 is 11.7 Å². The summed E-state index contributed by atoms with van der Waals surface area (Å²) in [5.41, 5.74) is 7.73. The molecule has 1 amide bonds. The number of fused-ring (bicyclic) bond motifs is 1. The number of aromatic nitrogens is 1. The number of primary amides is 1. The van der Waals surface area contributed by atoms with Crippen molar-refractivity contribution in [3.05, 3.63) is 69.1 Å². The van der Waals surface area contributed by atoms with Crippen LogP contribution in [0.4, 0.5) is 0 Å². The van der Waals surface area contributed by atoms with Crippen LogP contribution in [0.25, 0.3) is 11.1 Å². The topological polar surface area (TPSA) is 81.5 Å². The maximum Gasteiger partial charge on any atom is 0.419 e. The van der Waals surface area contributed by atoms with Gasteiger partial charge in [-0.2, -0.15) is 0 Å². The molecule has 3 aromatic rings. The molecule has 0 saturated heterocycles. The molecule has 25 heavy (non-hydrogen) atoms. The predicted molar refractivity (Wildman–Crippen MR) is 99.1 cm³/mol. The fourth-order valence-corrected chi connectivity index (χ4v) is 3.01. The summed E-state index contributed by atoms with van der Waals surface area (Å²) in [6.45, 7) is 1.61. The van der Waals surface area contributed by atoms with Crippen molar-refractivity contribution in [1.82, 2.24) is 9.47 Å². The van der Waals surface area contributed by atoms with Crippen LogP contribution in [0.1, 0.15) is 5.56 Å². The van der Waals surface area contributed by atoms with Gasteiger partial charge in [0, 0.05) is 24.1 Å². The van der Waals surface area contributed by atoms with Crippen molar-refractivity contribution in [2.24, 2.45) is 5.73 Å². The number of oxazole rings is 1. The SMILES string of the molecule is NC(=O)CN(CCn1c(=O)oc2ccccc21)Cc1ccc(Br)cc1. The average molecular weight is 404 g/mol. The number of hydrogen-bond donors (Lipinski definition) is 1. The van der Waals surface area contributed by atoms with Gasteiger partial charge in [0.25, 0.3) is 0 Å². The van der Waals surface area contributed by atoms with E-state index >= 15 is 0 Å². The minimum atomic E-state index is -0.401. The Morgan fingerprint density at radius 3 is 2.60 bits per heavy atom. The van der Waals surface area contributed by atoms with Crippen LogP contribution in [0.5, 0.6) is 0 Å². The van der Waals surface area contributed by atoms with Crippen LogP contribution in [0, 0.1) is 0 Å². The van der Waals surface area contributed by atoms with E-state index in [0.717, 1.165) is 15.6 Å². The summed E-state index contributed by atoms with van der Waals surface area (Å²) >= 11 is 3.40. The third-order valence-electron chi connectivity index (χ3n) is 3.91. The molecule has 0 aliphatic carbocycles. The monoisotopic (exact) mass is 403 g/mol. The highest BCUT2D eigenvalue weighted by Crippen LogP contribution is 2.14. The number of carbonyl (C=O) groups excluding carboxylic acids is 1. The highest BCUT2D eigenvalue weighted by Gasteiger charge is 2.13. The Balaban J connectivity index is 1.75. The van der Waals surface area contributed by atoms with E-state index in [4.69, 9.17) is 10.2 Å². The smallest absolute Gasteiger partial charge is 0.408 e. The first-order valence-electron chi connectivity index (χ1n) is 7.86. The number of nitrogens with zero attached hydrogens (tertiary/aromatic N) is 2. The number of benzene rings is 2. The lowest BCUT2D eigenvalue weighted by molar-refractivity contribution is -0.119. The van der Waals surface area contributed by atoms with Gasteiger partial charge in [0.05, 0.1) is 12.1 Å². The van der Waals surface area contributed by atoms with Gasteiger partial charge in [0.1, 0.15) is 0 Å². The van der Waals surface area contributed by atoms with E-state index in [0.29, 0.717) is 25.2 Å². The molecule has 0 aliphatic heterocycles. The highest BCUT2D eigenvalue weighted by molar-refractivity contribution is 9.10. The molecule has 3 rings (SSSR count). The lowest BCUT2D eigenvalue weighted by Gasteiger charge is -2.21. The third-order valence-corrected chi connectivity index (χ3v) is 4.44. The van der Waals surface area contributed by atoms with Crippen molar-refractivity contribution in [3.8, 4) is 0 Å². The molecule has 0 saturated carbocycles. The summed E-state index contributed by atoms with van der Waals surface area (Å²) in [6.07, 6.45) is 0. The van der Waals surface area contributed by atoms with Gasteiger partial charge >= 0.3 is 5.76 Å². The van der Waals surface area contributed by atoms with Crippen LogP contribution in [0.2, 0.25) is 0 Å². The number of nitrogens with two attached hydrogens (primary N) is 1. The molecule has 1 aromatic heterocycles. The maximum atomic E-state index is 12.1. The highest BCUT2D eigenvalue weighted by atomic mass is 79.9. The normalized spacial score (nSPS) is 11.3. The van der Waals surface area contributed by atoms with Crippen molar-refractivity contribution in [2.75, 3.05) is 13.1 Å². The minimum absolute atomic E-state index is 0.126. The number of para-hydroxylation sites is 2. The molecule has 0 bridgehead atoms. The zero-order chi connectivity index (χ0) is 17.8. The van der Waals surface area contributed by atoms with E-state index in [1.54, 1.807) is 10.6 Å². The van der Waals surface area contributed by atoms with Crippen LogP contribution in [0.15, 0.2) is 62.2 Å². The number of carbonyl (C=O) groups is 1. The first-order chi connectivity index (χ1) is 12.0. The summed E-state index contributed by atoms with van der Waals surface area (Å²) in [4.78, 5) is 25.3. The zero-order valence-electron chi connectivity index (χ0n) is 13.5. The third kappa shape index (κ3) is 4.37. The molecule has 6 nitrogen and oxygen atoms in total. The van der Waals surface area contributed by atoms with E-state index in [1.165, 1.54) is 0 Å². The van der Waals surface area contributed by atoms with E-state index in [1.807, 2.05) is 47.4 Å². The Kier molecular flexibility index (Phi) is 5.35. The molecule has 1 heterocycles. The Morgan fingerprint density at radius 1 is 1.16 bits per heavy atom. The first-order valence-corrected chi connectivity index (χ1v) is 8.66. The molecule has 2 N–H and O–H groups in total. The second kappa shape index (κ2) is 7.67. The van der Waals surface area contributed by atoms with E-state index in [-0.39, 0.29) is 6.54 Å². The van der Waals surface area contributed by atoms with Gasteiger partial charge in [-0.05, 0) is 29.8 Å². The Morgan fingerprint density at radius 2 is 1.88 bits per heavy atom. The van der Waals surface area contributed by atoms with Gasteiger partial charge in [-0.15, -0.1) is 0 Å². The van der Waals surface area contributed by atoms with Gasteiger partial charge in [0.2, 0.25) is 5.91 Å². The molecule has 0 atom stereocenters. The number of amides is 1. The van der Waals surface area contributed by atoms with Gasteiger partial charge in [0.15, 0.2) is 5.58 Å². The fraction of sp³-hybridized carbons (Fsp3) is 0.222. The number of halogens is 1. The van der Waals surface area contributed by atoms with Crippen molar-refractivity contribution in [1.29, 1.82) is 0 Å². The van der Waals surface area contributed by atoms with Gasteiger partial charge in [-0.3, -0.25) is 14.3 Å². The largest absolute Gasteiger partial charge is 0.419 e. The molecule has 2 aromatic carbocycles. The molecule has 0 radical (unpaired) electrons. The van der Waals surface area contributed by atoms with Gasteiger partial charge < -0.3 is 10.2 Å². The van der Waals surface area contributed by atoms with Crippen LogP contribution in [-0.2, 0) is 17.9 Å². The Hall–Kier alpha value is -2.38. The molecular formula is C18H18BrN3O3. The average Bonchev–Trinajstić information content (AvgIpc) is 2.89. The first kappa shape index (κ1) is 17.4. The van der Waals surface area contributed by atoms with Crippen LogP contribution < -0.4 is 11.5 Å². The van der Waals surface area contributed by atoms with Crippen molar-refractivity contribution < 1.29 is 9.21 Å². The van der Waals surface area contributed by atoms with E-state index in [9.17, 15) is 9.59 Å². The Labute approximate surface area is 153 Å². The number of hydrogen-bond acceptors (Lipinski definition) is 4.